The first-order chi connectivity index (χ1) is 7.72. The average Bonchev–Trinajstić information content (AvgIpc) is 2.81. The molecular formula is C9H10N6O. The largest absolute Gasteiger partial charge is 0.366 e. The minimum absolute atomic E-state index is 0.322. The third-order valence-corrected chi connectivity index (χ3v) is 2.20. The number of hydrogen-bond acceptors (Lipinski definition) is 5. The molecule has 0 fully saturated rings. The van der Waals surface area contributed by atoms with E-state index in [0.717, 1.165) is 5.56 Å². The summed E-state index contributed by atoms with van der Waals surface area (Å²) in [5.41, 5.74) is 12.6. The number of carbonyl (C=O) groups excluding carboxylic acids is 1. The van der Waals surface area contributed by atoms with E-state index in [-0.39, 0.29) is 0 Å². The molecule has 2 rings (SSSR count). The second kappa shape index (κ2) is 4.07. The Morgan fingerprint density at radius 3 is 2.81 bits per heavy atom. The number of rotatable bonds is 3. The fourth-order valence-electron chi connectivity index (χ4n) is 1.39. The summed E-state index contributed by atoms with van der Waals surface area (Å²) in [4.78, 5) is 11.0. The van der Waals surface area contributed by atoms with E-state index in [1.807, 2.05) is 0 Å². The van der Waals surface area contributed by atoms with E-state index in [4.69, 9.17) is 11.5 Å². The average molecular weight is 218 g/mol. The van der Waals surface area contributed by atoms with Gasteiger partial charge in [-0.05, 0) is 22.9 Å². The van der Waals surface area contributed by atoms with Crippen LogP contribution in [-0.4, -0.2) is 26.5 Å². The molecule has 1 aromatic heterocycles. The highest BCUT2D eigenvalue weighted by Crippen LogP contribution is 2.20. The monoisotopic (exact) mass is 218 g/mol. The number of aromatic nitrogens is 4. The number of aromatic amines is 1. The minimum Gasteiger partial charge on any atom is -0.366 e. The number of hydrogen-bond donors (Lipinski definition) is 3. The number of benzene rings is 1. The second-order valence-electron chi connectivity index (χ2n) is 3.18. The van der Waals surface area contributed by atoms with E-state index in [1.54, 1.807) is 18.2 Å². The lowest BCUT2D eigenvalue weighted by atomic mass is 10.0. The van der Waals surface area contributed by atoms with Crippen molar-refractivity contribution in [2.45, 2.75) is 6.54 Å². The highest BCUT2D eigenvalue weighted by Gasteiger charge is 2.11. The summed E-state index contributed by atoms with van der Waals surface area (Å²) in [6, 6.07) is 4.95. The van der Waals surface area contributed by atoms with Gasteiger partial charge in [0.15, 0.2) is 0 Å². The molecule has 2 aromatic rings. The highest BCUT2D eigenvalue weighted by molar-refractivity contribution is 5.94. The number of amides is 1. The molecule has 16 heavy (non-hydrogen) atoms. The molecule has 82 valence electrons. The zero-order valence-corrected chi connectivity index (χ0v) is 8.34. The standard InChI is InChI=1S/C9H10N6O/c10-4-6-2-1-5(8(11)16)3-7(6)9-12-14-15-13-9/h1-3H,4,10H2,(H2,11,16)(H,12,13,14,15). The molecule has 0 bridgehead atoms. The predicted octanol–water partition coefficient (Wildman–Crippen LogP) is -0.576. The summed E-state index contributed by atoms with van der Waals surface area (Å²) in [7, 11) is 0. The van der Waals surface area contributed by atoms with Gasteiger partial charge >= 0.3 is 0 Å². The molecule has 0 aliphatic rings. The molecule has 0 unspecified atom stereocenters. The summed E-state index contributed by atoms with van der Waals surface area (Å²) in [5.74, 6) is -0.114. The third kappa shape index (κ3) is 1.75. The Labute approximate surface area is 90.8 Å². The number of nitrogens with zero attached hydrogens (tertiary/aromatic N) is 3. The van der Waals surface area contributed by atoms with Gasteiger partial charge in [-0.25, -0.2) is 0 Å². The van der Waals surface area contributed by atoms with Crippen molar-refractivity contribution in [3.8, 4) is 11.4 Å². The quantitative estimate of drug-likeness (QED) is 0.636. The predicted molar refractivity (Wildman–Crippen MR) is 56.0 cm³/mol. The number of nitrogens with two attached hydrogens (primary N) is 2. The van der Waals surface area contributed by atoms with Crippen LogP contribution in [0.2, 0.25) is 0 Å². The molecule has 0 radical (unpaired) electrons. The molecule has 0 atom stereocenters. The summed E-state index contributed by atoms with van der Waals surface area (Å²) < 4.78 is 0. The Balaban J connectivity index is 2.56. The zero-order valence-electron chi connectivity index (χ0n) is 8.34. The molecule has 0 aliphatic heterocycles. The van der Waals surface area contributed by atoms with E-state index in [1.165, 1.54) is 0 Å². The van der Waals surface area contributed by atoms with Crippen LogP contribution < -0.4 is 11.5 Å². The van der Waals surface area contributed by atoms with Gasteiger partial charge in [-0.2, -0.15) is 5.21 Å². The number of carbonyl (C=O) groups is 1. The van der Waals surface area contributed by atoms with Crippen LogP contribution in [-0.2, 0) is 6.54 Å². The van der Waals surface area contributed by atoms with Gasteiger partial charge in [0.2, 0.25) is 11.7 Å². The Bertz CT molecular complexity index is 507. The fraction of sp³-hybridized carbons (Fsp3) is 0.111. The topological polar surface area (TPSA) is 124 Å². The van der Waals surface area contributed by atoms with Crippen LogP contribution >= 0.6 is 0 Å². The lowest BCUT2D eigenvalue weighted by Gasteiger charge is -2.05. The molecule has 0 aliphatic carbocycles. The minimum atomic E-state index is -0.506. The van der Waals surface area contributed by atoms with Crippen LogP contribution in [0, 0.1) is 0 Å². The van der Waals surface area contributed by atoms with Crippen molar-refractivity contribution in [3.05, 3.63) is 29.3 Å². The third-order valence-electron chi connectivity index (χ3n) is 2.20. The molecule has 5 N–H and O–H groups in total. The summed E-state index contributed by atoms with van der Waals surface area (Å²) >= 11 is 0. The van der Waals surface area contributed by atoms with Crippen molar-refractivity contribution >= 4 is 5.91 Å². The Morgan fingerprint density at radius 1 is 1.44 bits per heavy atom. The van der Waals surface area contributed by atoms with Crippen LogP contribution in [0.25, 0.3) is 11.4 Å². The van der Waals surface area contributed by atoms with Gasteiger partial charge in [0, 0.05) is 17.7 Å². The van der Waals surface area contributed by atoms with Gasteiger partial charge in [-0.1, -0.05) is 6.07 Å². The Morgan fingerprint density at radius 2 is 2.25 bits per heavy atom. The van der Waals surface area contributed by atoms with Gasteiger partial charge in [-0.3, -0.25) is 4.79 Å². The van der Waals surface area contributed by atoms with E-state index >= 15 is 0 Å². The van der Waals surface area contributed by atoms with Crippen molar-refractivity contribution in [2.24, 2.45) is 11.5 Å². The number of tetrazole rings is 1. The smallest absolute Gasteiger partial charge is 0.248 e. The molecule has 0 spiro atoms. The Kier molecular flexibility index (Phi) is 2.61. The van der Waals surface area contributed by atoms with Gasteiger partial charge in [0.25, 0.3) is 0 Å². The van der Waals surface area contributed by atoms with Crippen molar-refractivity contribution < 1.29 is 4.79 Å². The van der Waals surface area contributed by atoms with Crippen LogP contribution in [0.5, 0.6) is 0 Å². The zero-order chi connectivity index (χ0) is 11.5. The van der Waals surface area contributed by atoms with Gasteiger partial charge in [-0.15, -0.1) is 10.2 Å². The lowest BCUT2D eigenvalue weighted by molar-refractivity contribution is 0.100. The molecule has 7 heteroatoms. The summed E-state index contributed by atoms with van der Waals surface area (Å²) in [5, 5.41) is 13.5. The van der Waals surface area contributed by atoms with Crippen LogP contribution in [0.1, 0.15) is 15.9 Å². The molecule has 1 aromatic carbocycles. The first kappa shape index (κ1) is 10.2. The first-order valence-electron chi connectivity index (χ1n) is 4.59. The van der Waals surface area contributed by atoms with Crippen molar-refractivity contribution in [3.63, 3.8) is 0 Å². The summed E-state index contributed by atoms with van der Waals surface area (Å²) in [6.45, 7) is 0.322. The van der Waals surface area contributed by atoms with Crippen molar-refractivity contribution in [1.82, 2.24) is 20.6 Å². The molecule has 1 amide bonds. The molecular weight excluding hydrogens is 208 g/mol. The first-order valence-corrected chi connectivity index (χ1v) is 4.59. The number of primary amides is 1. The number of nitrogens with one attached hydrogen (secondary N) is 1. The molecule has 7 nitrogen and oxygen atoms in total. The normalized spacial score (nSPS) is 10.3. The van der Waals surface area contributed by atoms with Gasteiger partial charge < -0.3 is 11.5 Å². The maximum atomic E-state index is 11.0. The Hall–Kier alpha value is -2.28. The van der Waals surface area contributed by atoms with Gasteiger partial charge in [0.05, 0.1) is 0 Å². The van der Waals surface area contributed by atoms with Crippen LogP contribution in [0.15, 0.2) is 18.2 Å². The maximum absolute atomic E-state index is 11.0. The highest BCUT2D eigenvalue weighted by atomic mass is 16.1. The van der Waals surface area contributed by atoms with E-state index in [9.17, 15) is 4.79 Å². The van der Waals surface area contributed by atoms with Gasteiger partial charge in [0.1, 0.15) is 0 Å². The SMILES string of the molecule is NCc1ccc(C(N)=O)cc1-c1nn[nH]n1. The molecule has 0 saturated carbocycles. The summed E-state index contributed by atoms with van der Waals surface area (Å²) in [6.07, 6.45) is 0. The maximum Gasteiger partial charge on any atom is 0.248 e. The van der Waals surface area contributed by atoms with Crippen molar-refractivity contribution in [1.29, 1.82) is 0 Å². The molecule has 1 heterocycles. The molecule has 0 saturated heterocycles. The fourth-order valence-corrected chi connectivity index (χ4v) is 1.39. The van der Waals surface area contributed by atoms with E-state index < -0.39 is 5.91 Å². The number of H-pyrrole nitrogens is 1. The van der Waals surface area contributed by atoms with Crippen molar-refractivity contribution in [2.75, 3.05) is 0 Å². The van der Waals surface area contributed by atoms with Crippen LogP contribution in [0.3, 0.4) is 0 Å². The van der Waals surface area contributed by atoms with E-state index in [2.05, 4.69) is 20.6 Å². The lowest BCUT2D eigenvalue weighted by Crippen LogP contribution is -2.12. The second-order valence-corrected chi connectivity index (χ2v) is 3.18. The van der Waals surface area contributed by atoms with Crippen LogP contribution in [0.4, 0.5) is 0 Å². The van der Waals surface area contributed by atoms with E-state index in [0.29, 0.717) is 23.5 Å².